The predicted molar refractivity (Wildman–Crippen MR) is 105 cm³/mol. The molecule has 0 radical (unpaired) electrons. The molecule has 0 aliphatic carbocycles. The minimum Gasteiger partial charge on any atom is -0.461 e. The number of anilines is 1. The van der Waals surface area contributed by atoms with Gasteiger partial charge in [-0.2, -0.15) is 4.68 Å². The molecule has 0 atom stereocenters. The van der Waals surface area contributed by atoms with Gasteiger partial charge in [0.2, 0.25) is 5.91 Å². The maximum absolute atomic E-state index is 13.9. The van der Waals surface area contributed by atoms with Gasteiger partial charge in [0.05, 0.1) is 11.3 Å². The van der Waals surface area contributed by atoms with Gasteiger partial charge in [0.1, 0.15) is 17.3 Å². The Bertz CT molecular complexity index is 1150. The Labute approximate surface area is 166 Å². The maximum Gasteiger partial charge on any atom is 0.224 e. The number of benzene rings is 2. The van der Waals surface area contributed by atoms with Crippen LogP contribution in [0.1, 0.15) is 18.0 Å². The van der Waals surface area contributed by atoms with Crippen molar-refractivity contribution in [2.24, 2.45) is 0 Å². The first-order valence-corrected chi connectivity index (χ1v) is 9.09. The summed E-state index contributed by atoms with van der Waals surface area (Å²) in [6.07, 6.45) is 0.643. The number of hydrogen-bond acceptors (Lipinski definition) is 5. The summed E-state index contributed by atoms with van der Waals surface area (Å²) in [5.74, 6) is 1.22. The lowest BCUT2D eigenvalue weighted by molar-refractivity contribution is -0.116. The summed E-state index contributed by atoms with van der Waals surface area (Å²) < 4.78 is 21.1. The lowest BCUT2D eigenvalue weighted by atomic mass is 10.1. The van der Waals surface area contributed by atoms with E-state index in [1.165, 1.54) is 6.07 Å². The molecule has 0 aliphatic heterocycles. The average molecular weight is 391 g/mol. The van der Waals surface area contributed by atoms with E-state index in [1.54, 1.807) is 54.1 Å². The third-order valence-corrected chi connectivity index (χ3v) is 4.40. The number of furan rings is 1. The lowest BCUT2D eigenvalue weighted by Gasteiger charge is -2.07. The third-order valence-electron chi connectivity index (χ3n) is 4.40. The van der Waals surface area contributed by atoms with Crippen LogP contribution in [0.25, 0.3) is 17.0 Å². The number of rotatable bonds is 6. The summed E-state index contributed by atoms with van der Waals surface area (Å²) in [6, 6.07) is 17.2. The van der Waals surface area contributed by atoms with Crippen LogP contribution >= 0.6 is 0 Å². The SMILES string of the molecule is Cc1nnnn1-c1cccc(NC(=O)CCc2ccc(-c3ccccc3F)o2)c1. The Morgan fingerprint density at radius 2 is 2.00 bits per heavy atom. The summed E-state index contributed by atoms with van der Waals surface area (Å²) >= 11 is 0. The van der Waals surface area contributed by atoms with Gasteiger partial charge in [-0.3, -0.25) is 4.79 Å². The first-order chi connectivity index (χ1) is 14.1. The summed E-state index contributed by atoms with van der Waals surface area (Å²) in [5.41, 5.74) is 1.80. The number of aromatic nitrogens is 4. The monoisotopic (exact) mass is 391 g/mol. The summed E-state index contributed by atoms with van der Waals surface area (Å²) in [6.45, 7) is 1.80. The largest absolute Gasteiger partial charge is 0.461 e. The van der Waals surface area contributed by atoms with Crippen molar-refractivity contribution in [1.29, 1.82) is 0 Å². The highest BCUT2D eigenvalue weighted by atomic mass is 19.1. The molecule has 7 nitrogen and oxygen atoms in total. The smallest absolute Gasteiger partial charge is 0.224 e. The first-order valence-electron chi connectivity index (χ1n) is 9.09. The maximum atomic E-state index is 13.9. The number of nitrogens with one attached hydrogen (secondary N) is 1. The van der Waals surface area contributed by atoms with E-state index in [-0.39, 0.29) is 18.1 Å². The zero-order valence-corrected chi connectivity index (χ0v) is 15.7. The zero-order chi connectivity index (χ0) is 20.2. The van der Waals surface area contributed by atoms with Crippen LogP contribution in [0.2, 0.25) is 0 Å². The molecular formula is C21H18FN5O2. The minimum atomic E-state index is -0.344. The number of amides is 1. The van der Waals surface area contributed by atoms with Gasteiger partial charge >= 0.3 is 0 Å². The van der Waals surface area contributed by atoms with Crippen LogP contribution in [0.5, 0.6) is 0 Å². The second-order valence-electron chi connectivity index (χ2n) is 6.48. The van der Waals surface area contributed by atoms with E-state index >= 15 is 0 Å². The molecule has 0 spiro atoms. The van der Waals surface area contributed by atoms with Crippen molar-refractivity contribution in [3.8, 4) is 17.0 Å². The molecule has 1 amide bonds. The van der Waals surface area contributed by atoms with E-state index in [1.807, 2.05) is 12.1 Å². The summed E-state index contributed by atoms with van der Waals surface area (Å²) in [4.78, 5) is 12.3. The van der Waals surface area contributed by atoms with Gasteiger partial charge in [0, 0.05) is 18.5 Å². The fourth-order valence-corrected chi connectivity index (χ4v) is 2.96. The van der Waals surface area contributed by atoms with Crippen LogP contribution in [-0.2, 0) is 11.2 Å². The molecular weight excluding hydrogens is 373 g/mol. The minimum absolute atomic E-state index is 0.153. The normalized spacial score (nSPS) is 10.8. The standard InChI is InChI=1S/C21H18FN5O2/c1-14-24-25-26-27(14)16-6-4-5-15(13-16)23-21(28)12-10-17-9-11-20(29-17)18-7-2-3-8-19(18)22/h2-9,11,13H,10,12H2,1H3,(H,23,28). The van der Waals surface area contributed by atoms with E-state index in [2.05, 4.69) is 20.8 Å². The van der Waals surface area contributed by atoms with E-state index in [0.29, 0.717) is 35.0 Å². The summed E-state index contributed by atoms with van der Waals surface area (Å²) in [7, 11) is 0. The van der Waals surface area contributed by atoms with Crippen molar-refractivity contribution < 1.29 is 13.6 Å². The van der Waals surface area contributed by atoms with E-state index in [4.69, 9.17) is 4.42 Å². The Balaban J connectivity index is 1.38. The van der Waals surface area contributed by atoms with Crippen LogP contribution < -0.4 is 5.32 Å². The number of hydrogen-bond donors (Lipinski definition) is 1. The molecule has 1 N–H and O–H groups in total. The fraction of sp³-hybridized carbons (Fsp3) is 0.143. The molecule has 4 rings (SSSR count). The van der Waals surface area contributed by atoms with Gasteiger partial charge in [-0.05, 0) is 59.8 Å². The highest BCUT2D eigenvalue weighted by Gasteiger charge is 2.11. The summed E-state index contributed by atoms with van der Waals surface area (Å²) in [5, 5.41) is 14.3. The van der Waals surface area contributed by atoms with Gasteiger partial charge in [0.25, 0.3) is 0 Å². The van der Waals surface area contributed by atoms with Crippen molar-refractivity contribution in [2.45, 2.75) is 19.8 Å². The molecule has 0 bridgehead atoms. The number of tetrazole rings is 1. The highest BCUT2D eigenvalue weighted by molar-refractivity contribution is 5.91. The predicted octanol–water partition coefficient (Wildman–Crippen LogP) is 3.94. The second-order valence-corrected chi connectivity index (χ2v) is 6.48. The van der Waals surface area contributed by atoms with Gasteiger partial charge in [0.15, 0.2) is 5.82 Å². The molecule has 0 saturated carbocycles. The van der Waals surface area contributed by atoms with Gasteiger partial charge in [-0.15, -0.1) is 5.10 Å². The Morgan fingerprint density at radius 3 is 2.79 bits per heavy atom. The molecule has 2 heterocycles. The zero-order valence-electron chi connectivity index (χ0n) is 15.7. The van der Waals surface area contributed by atoms with Crippen LogP contribution in [0, 0.1) is 12.7 Å². The second kappa shape index (κ2) is 8.05. The Kier molecular flexibility index (Phi) is 5.15. The van der Waals surface area contributed by atoms with E-state index < -0.39 is 0 Å². The van der Waals surface area contributed by atoms with E-state index in [9.17, 15) is 9.18 Å². The van der Waals surface area contributed by atoms with Crippen LogP contribution in [0.4, 0.5) is 10.1 Å². The van der Waals surface area contributed by atoms with Crippen LogP contribution in [-0.4, -0.2) is 26.1 Å². The lowest BCUT2D eigenvalue weighted by Crippen LogP contribution is -2.12. The quantitative estimate of drug-likeness (QED) is 0.538. The molecule has 2 aromatic carbocycles. The van der Waals surface area contributed by atoms with Crippen molar-refractivity contribution in [2.75, 3.05) is 5.32 Å². The van der Waals surface area contributed by atoms with Gasteiger partial charge < -0.3 is 9.73 Å². The molecule has 29 heavy (non-hydrogen) atoms. The topological polar surface area (TPSA) is 85.8 Å². The highest BCUT2D eigenvalue weighted by Crippen LogP contribution is 2.25. The molecule has 0 unspecified atom stereocenters. The third kappa shape index (κ3) is 4.21. The first kappa shape index (κ1) is 18.5. The van der Waals surface area contributed by atoms with Crippen molar-refractivity contribution >= 4 is 11.6 Å². The number of nitrogens with zero attached hydrogens (tertiary/aromatic N) is 4. The molecule has 4 aromatic rings. The average Bonchev–Trinajstić information content (AvgIpc) is 3.36. The number of aryl methyl sites for hydroxylation is 2. The molecule has 8 heteroatoms. The van der Waals surface area contributed by atoms with Crippen molar-refractivity contribution in [3.05, 3.63) is 78.1 Å². The van der Waals surface area contributed by atoms with Gasteiger partial charge in [-0.1, -0.05) is 18.2 Å². The molecule has 0 saturated heterocycles. The molecule has 0 aliphatic rings. The number of carbonyl (C=O) groups is 1. The Morgan fingerprint density at radius 1 is 1.14 bits per heavy atom. The Hall–Kier alpha value is -3.81. The molecule has 146 valence electrons. The van der Waals surface area contributed by atoms with Crippen LogP contribution in [0.3, 0.4) is 0 Å². The molecule has 0 fully saturated rings. The molecule has 2 aromatic heterocycles. The van der Waals surface area contributed by atoms with Crippen LogP contribution in [0.15, 0.2) is 65.1 Å². The van der Waals surface area contributed by atoms with Gasteiger partial charge in [-0.25, -0.2) is 4.39 Å². The van der Waals surface area contributed by atoms with Crippen molar-refractivity contribution in [1.82, 2.24) is 20.2 Å². The van der Waals surface area contributed by atoms with E-state index in [0.717, 1.165) is 5.69 Å². The fourth-order valence-electron chi connectivity index (χ4n) is 2.96. The number of halogens is 1. The number of carbonyl (C=O) groups excluding carboxylic acids is 1. The van der Waals surface area contributed by atoms with Crippen molar-refractivity contribution in [3.63, 3.8) is 0 Å².